The van der Waals surface area contributed by atoms with Gasteiger partial charge in [0.05, 0.1) is 0 Å². The fourth-order valence-corrected chi connectivity index (χ4v) is 1.81. The Kier molecular flexibility index (Phi) is 2.73. The van der Waals surface area contributed by atoms with Crippen molar-refractivity contribution in [3.05, 3.63) is 19.0 Å². The van der Waals surface area contributed by atoms with Gasteiger partial charge in [-0.15, -0.1) is 0 Å². The predicted octanol–water partition coefficient (Wildman–Crippen LogP) is 2.30. The summed E-state index contributed by atoms with van der Waals surface area (Å²) in [6.07, 6.45) is 0. The Morgan fingerprint density at radius 1 is 1.40 bits per heavy atom. The molecule has 0 saturated heterocycles. The molecule has 1 N–H and O–H groups in total. The van der Waals surface area contributed by atoms with Crippen LogP contribution in [0.3, 0.4) is 0 Å². The molecule has 0 spiro atoms. The number of hydrogen-bond donors (Lipinski definition) is 1. The van der Waals surface area contributed by atoms with E-state index in [9.17, 15) is 0 Å². The number of pyridine rings is 1. The molecule has 0 aliphatic carbocycles. The van der Waals surface area contributed by atoms with Crippen molar-refractivity contribution in [2.45, 2.75) is 6.92 Å². The zero-order valence-electron chi connectivity index (χ0n) is 5.23. The molecule has 1 heterocycles. The SMILES string of the molecule is Cc1cc(O)c(I)nc1I. The monoisotopic (exact) mass is 361 g/mol. The van der Waals surface area contributed by atoms with Crippen molar-refractivity contribution in [2.24, 2.45) is 0 Å². The summed E-state index contributed by atoms with van der Waals surface area (Å²) in [5.41, 5.74) is 1.01. The van der Waals surface area contributed by atoms with E-state index in [0.29, 0.717) is 3.70 Å². The van der Waals surface area contributed by atoms with Crippen molar-refractivity contribution in [3.63, 3.8) is 0 Å². The van der Waals surface area contributed by atoms with Gasteiger partial charge in [0.15, 0.2) is 0 Å². The molecule has 0 saturated carbocycles. The third-order valence-electron chi connectivity index (χ3n) is 1.09. The second-order valence-corrected chi connectivity index (χ2v) is 3.95. The number of nitrogens with zero attached hydrogens (tertiary/aromatic N) is 1. The first-order valence-electron chi connectivity index (χ1n) is 2.63. The molecule has 0 unspecified atom stereocenters. The van der Waals surface area contributed by atoms with Gasteiger partial charge in [-0.25, -0.2) is 4.98 Å². The fraction of sp³-hybridized carbons (Fsp3) is 0.167. The van der Waals surface area contributed by atoms with Crippen LogP contribution in [-0.4, -0.2) is 10.1 Å². The van der Waals surface area contributed by atoms with Crippen LogP contribution >= 0.6 is 45.2 Å². The van der Waals surface area contributed by atoms with Crippen LogP contribution in [0.4, 0.5) is 0 Å². The van der Waals surface area contributed by atoms with Crippen LogP contribution in [-0.2, 0) is 0 Å². The van der Waals surface area contributed by atoms with Crippen LogP contribution < -0.4 is 0 Å². The average molecular weight is 361 g/mol. The van der Waals surface area contributed by atoms with E-state index in [1.165, 1.54) is 0 Å². The van der Waals surface area contributed by atoms with Gasteiger partial charge in [-0.3, -0.25) is 0 Å². The Balaban J connectivity index is 3.28. The average Bonchev–Trinajstić information content (AvgIpc) is 1.84. The number of aryl methyl sites for hydroxylation is 1. The highest BCUT2D eigenvalue weighted by molar-refractivity contribution is 14.1. The first kappa shape index (κ1) is 8.51. The molecular formula is C6H5I2NO. The van der Waals surface area contributed by atoms with Gasteiger partial charge in [-0.2, -0.15) is 0 Å². The summed E-state index contributed by atoms with van der Waals surface area (Å²) < 4.78 is 1.60. The molecule has 0 aliphatic heterocycles. The maximum Gasteiger partial charge on any atom is 0.147 e. The van der Waals surface area contributed by atoms with Crippen LogP contribution in [0.2, 0.25) is 0 Å². The normalized spacial score (nSPS) is 9.90. The number of aromatic hydroxyl groups is 1. The highest BCUT2D eigenvalue weighted by atomic mass is 127. The zero-order valence-corrected chi connectivity index (χ0v) is 9.54. The van der Waals surface area contributed by atoms with E-state index in [2.05, 4.69) is 27.6 Å². The topological polar surface area (TPSA) is 33.1 Å². The number of halogens is 2. The smallest absolute Gasteiger partial charge is 0.147 e. The first-order chi connectivity index (χ1) is 4.61. The molecule has 0 amide bonds. The van der Waals surface area contributed by atoms with Crippen LogP contribution in [0.25, 0.3) is 0 Å². The van der Waals surface area contributed by atoms with Crippen LogP contribution in [0.1, 0.15) is 5.56 Å². The van der Waals surface area contributed by atoms with E-state index >= 15 is 0 Å². The van der Waals surface area contributed by atoms with Crippen LogP contribution in [0.5, 0.6) is 5.75 Å². The Morgan fingerprint density at radius 3 is 2.50 bits per heavy atom. The maximum absolute atomic E-state index is 9.15. The molecule has 1 aromatic heterocycles. The molecular weight excluding hydrogens is 356 g/mol. The van der Waals surface area contributed by atoms with E-state index in [1.54, 1.807) is 6.07 Å². The third-order valence-corrected chi connectivity index (χ3v) is 2.97. The summed E-state index contributed by atoms with van der Waals surface area (Å²) in [6.45, 7) is 1.92. The highest BCUT2D eigenvalue weighted by Crippen LogP contribution is 2.20. The lowest BCUT2D eigenvalue weighted by Gasteiger charge is -1.99. The molecule has 0 atom stereocenters. The minimum absolute atomic E-state index is 0.263. The molecule has 1 aromatic rings. The number of hydrogen-bond acceptors (Lipinski definition) is 2. The van der Waals surface area contributed by atoms with Crippen molar-refractivity contribution in [3.8, 4) is 5.75 Å². The second-order valence-electron chi connectivity index (χ2n) is 1.91. The van der Waals surface area contributed by atoms with Crippen LogP contribution in [0.15, 0.2) is 6.07 Å². The van der Waals surface area contributed by atoms with E-state index in [1.807, 2.05) is 29.5 Å². The van der Waals surface area contributed by atoms with Gasteiger partial charge in [-0.05, 0) is 63.7 Å². The quantitative estimate of drug-likeness (QED) is 0.569. The first-order valence-corrected chi connectivity index (χ1v) is 4.78. The molecule has 4 heteroatoms. The van der Waals surface area contributed by atoms with E-state index in [4.69, 9.17) is 5.11 Å². The minimum Gasteiger partial charge on any atom is -0.505 e. The zero-order chi connectivity index (χ0) is 7.72. The minimum atomic E-state index is 0.263. The van der Waals surface area contributed by atoms with Crippen LogP contribution in [0, 0.1) is 14.3 Å². The van der Waals surface area contributed by atoms with Gasteiger partial charge in [0, 0.05) is 0 Å². The van der Waals surface area contributed by atoms with Crippen molar-refractivity contribution < 1.29 is 5.11 Å². The molecule has 2 nitrogen and oxygen atoms in total. The van der Waals surface area contributed by atoms with Gasteiger partial charge in [-0.1, -0.05) is 0 Å². The van der Waals surface area contributed by atoms with Crippen molar-refractivity contribution in [2.75, 3.05) is 0 Å². The molecule has 1 rings (SSSR count). The van der Waals surface area contributed by atoms with Crippen molar-refractivity contribution in [1.29, 1.82) is 0 Å². The Morgan fingerprint density at radius 2 is 2.00 bits per heavy atom. The lowest BCUT2D eigenvalue weighted by atomic mass is 10.3. The molecule has 0 radical (unpaired) electrons. The summed E-state index contributed by atoms with van der Waals surface area (Å²) in [4.78, 5) is 4.10. The third kappa shape index (κ3) is 1.71. The lowest BCUT2D eigenvalue weighted by molar-refractivity contribution is 0.467. The van der Waals surface area contributed by atoms with Gasteiger partial charge < -0.3 is 5.11 Å². The number of rotatable bonds is 0. The standard InChI is InChI=1S/C6H5I2NO/c1-3-2-4(10)6(8)9-5(3)7/h2,10H,1H3. The fourth-order valence-electron chi connectivity index (χ4n) is 0.556. The van der Waals surface area contributed by atoms with Crippen molar-refractivity contribution >= 4 is 45.2 Å². The Bertz CT molecular complexity index is 212. The summed E-state index contributed by atoms with van der Waals surface area (Å²) in [5.74, 6) is 0.263. The summed E-state index contributed by atoms with van der Waals surface area (Å²) in [6, 6.07) is 1.72. The van der Waals surface area contributed by atoms with E-state index in [0.717, 1.165) is 9.26 Å². The molecule has 54 valence electrons. The second kappa shape index (κ2) is 3.21. The Hall–Kier alpha value is 0.410. The molecule has 0 bridgehead atoms. The lowest BCUT2D eigenvalue weighted by Crippen LogP contribution is -1.89. The van der Waals surface area contributed by atoms with Crippen molar-refractivity contribution in [1.82, 2.24) is 4.98 Å². The van der Waals surface area contributed by atoms with E-state index < -0.39 is 0 Å². The molecule has 10 heavy (non-hydrogen) atoms. The van der Waals surface area contributed by atoms with E-state index in [-0.39, 0.29) is 5.75 Å². The Labute approximate surface area is 86.3 Å². The highest BCUT2D eigenvalue weighted by Gasteiger charge is 2.01. The maximum atomic E-state index is 9.15. The summed E-state index contributed by atoms with van der Waals surface area (Å²) >= 11 is 4.14. The summed E-state index contributed by atoms with van der Waals surface area (Å²) in [5, 5.41) is 9.15. The van der Waals surface area contributed by atoms with Gasteiger partial charge in [0.25, 0.3) is 0 Å². The predicted molar refractivity (Wildman–Crippen MR) is 56.1 cm³/mol. The largest absolute Gasteiger partial charge is 0.505 e. The van der Waals surface area contributed by atoms with Gasteiger partial charge >= 0.3 is 0 Å². The molecule has 0 aromatic carbocycles. The molecule has 0 aliphatic rings. The van der Waals surface area contributed by atoms with Gasteiger partial charge in [0.1, 0.15) is 13.2 Å². The number of aromatic nitrogens is 1. The molecule has 0 fully saturated rings. The summed E-state index contributed by atoms with van der Waals surface area (Å²) in [7, 11) is 0. The van der Waals surface area contributed by atoms with Gasteiger partial charge in [0.2, 0.25) is 0 Å².